The number of imidazole rings is 1. The number of halogens is 3. The number of hydrogen-bond donors (Lipinski definition) is 3. The number of fused-ring (bicyclic) bond motifs is 2. The molecule has 0 aliphatic carbocycles. The molecule has 1 aliphatic rings. The SMILES string of the molecule is CN(CC(=O)Nc1ccc2c(c1F)CCNC2)c1ncnc2nc[nH]c12.Cl.Cl. The minimum atomic E-state index is -0.349. The van der Waals surface area contributed by atoms with Gasteiger partial charge >= 0.3 is 0 Å². The van der Waals surface area contributed by atoms with Crippen LogP contribution in [0.1, 0.15) is 11.1 Å². The van der Waals surface area contributed by atoms with Gasteiger partial charge in [0.05, 0.1) is 18.6 Å². The third-order valence-corrected chi connectivity index (χ3v) is 4.43. The average Bonchev–Trinajstić information content (AvgIpc) is 3.13. The number of nitrogens with one attached hydrogen (secondary N) is 3. The highest BCUT2D eigenvalue weighted by Gasteiger charge is 2.19. The monoisotopic (exact) mass is 427 g/mol. The smallest absolute Gasteiger partial charge is 0.244 e. The van der Waals surface area contributed by atoms with Crippen LogP contribution >= 0.6 is 24.8 Å². The molecule has 28 heavy (non-hydrogen) atoms. The Kier molecular flexibility index (Phi) is 7.11. The predicted octanol–water partition coefficient (Wildman–Crippen LogP) is 2.06. The molecule has 1 aromatic carbocycles. The summed E-state index contributed by atoms with van der Waals surface area (Å²) in [5.41, 5.74) is 2.99. The Bertz CT molecular complexity index is 981. The van der Waals surface area contributed by atoms with Gasteiger partial charge in [0.2, 0.25) is 5.91 Å². The zero-order valence-electron chi connectivity index (χ0n) is 15.0. The van der Waals surface area contributed by atoms with Crippen LogP contribution in [-0.4, -0.2) is 46.0 Å². The van der Waals surface area contributed by atoms with Gasteiger partial charge in [-0.25, -0.2) is 19.3 Å². The lowest BCUT2D eigenvalue weighted by Gasteiger charge is -2.21. The lowest BCUT2D eigenvalue weighted by molar-refractivity contribution is -0.114. The van der Waals surface area contributed by atoms with Crippen molar-refractivity contribution in [3.05, 3.63) is 41.7 Å². The number of carbonyl (C=O) groups excluding carboxylic acids is 1. The molecule has 0 bridgehead atoms. The third kappa shape index (κ3) is 4.16. The molecule has 3 N–H and O–H groups in total. The van der Waals surface area contributed by atoms with Crippen LogP contribution in [0.5, 0.6) is 0 Å². The largest absolute Gasteiger partial charge is 0.348 e. The van der Waals surface area contributed by atoms with E-state index in [2.05, 4.69) is 30.6 Å². The second-order valence-electron chi connectivity index (χ2n) is 6.19. The number of rotatable bonds is 4. The molecule has 0 radical (unpaired) electrons. The Hall–Kier alpha value is -2.49. The summed E-state index contributed by atoms with van der Waals surface area (Å²) in [6.45, 7) is 1.40. The molecule has 0 unspecified atom stereocenters. The summed E-state index contributed by atoms with van der Waals surface area (Å²) in [7, 11) is 1.73. The number of nitrogens with zero attached hydrogens (tertiary/aromatic N) is 4. The van der Waals surface area contributed by atoms with Gasteiger partial charge in [0.25, 0.3) is 0 Å². The highest BCUT2D eigenvalue weighted by molar-refractivity contribution is 5.95. The molecule has 1 aliphatic heterocycles. The standard InChI is InChI=1S/C17H18FN7O.2ClH/c1-25(17-15-16(21-8-20-15)22-9-23-17)7-13(26)24-12-3-2-10-6-19-5-4-11(10)14(12)18;;/h2-3,8-9,19H,4-7H2,1H3,(H,24,26)(H,20,21,22,23);2*1H. The molecule has 3 aromatic rings. The number of H-pyrrole nitrogens is 1. The minimum Gasteiger partial charge on any atom is -0.348 e. The molecule has 0 spiro atoms. The molecule has 150 valence electrons. The summed E-state index contributed by atoms with van der Waals surface area (Å²) in [4.78, 5) is 29.3. The van der Waals surface area contributed by atoms with Gasteiger partial charge < -0.3 is 20.5 Å². The Morgan fingerprint density at radius 1 is 1.29 bits per heavy atom. The Morgan fingerprint density at radius 2 is 2.11 bits per heavy atom. The van der Waals surface area contributed by atoms with E-state index in [1.807, 2.05) is 6.07 Å². The Morgan fingerprint density at radius 3 is 2.93 bits per heavy atom. The van der Waals surface area contributed by atoms with E-state index in [1.54, 1.807) is 18.0 Å². The topological polar surface area (TPSA) is 98.8 Å². The lowest BCUT2D eigenvalue weighted by Crippen LogP contribution is -2.31. The van der Waals surface area contributed by atoms with Gasteiger partial charge in [-0.05, 0) is 30.2 Å². The summed E-state index contributed by atoms with van der Waals surface area (Å²) in [5, 5.41) is 5.86. The number of aromatic nitrogens is 4. The molecule has 4 rings (SSSR count). The van der Waals surface area contributed by atoms with E-state index in [0.29, 0.717) is 35.5 Å². The van der Waals surface area contributed by atoms with Crippen LogP contribution < -0.4 is 15.5 Å². The zero-order valence-corrected chi connectivity index (χ0v) is 16.7. The van der Waals surface area contributed by atoms with Gasteiger partial charge in [0, 0.05) is 13.6 Å². The fourth-order valence-corrected chi connectivity index (χ4v) is 3.15. The summed E-state index contributed by atoms with van der Waals surface area (Å²) in [6.07, 6.45) is 3.53. The minimum absolute atomic E-state index is 0. The first-order chi connectivity index (χ1) is 12.6. The van der Waals surface area contributed by atoms with Gasteiger partial charge in [0.15, 0.2) is 11.5 Å². The summed E-state index contributed by atoms with van der Waals surface area (Å²) in [6, 6.07) is 3.46. The van der Waals surface area contributed by atoms with Crippen LogP contribution in [0.4, 0.5) is 15.9 Å². The first-order valence-corrected chi connectivity index (χ1v) is 8.29. The molecule has 0 atom stereocenters. The number of aromatic amines is 1. The van der Waals surface area contributed by atoms with Crippen LogP contribution in [0.2, 0.25) is 0 Å². The highest BCUT2D eigenvalue weighted by Crippen LogP contribution is 2.25. The third-order valence-electron chi connectivity index (χ3n) is 4.43. The van der Waals surface area contributed by atoms with Crippen LogP contribution in [-0.2, 0) is 17.8 Å². The highest BCUT2D eigenvalue weighted by atomic mass is 35.5. The van der Waals surface area contributed by atoms with Crippen LogP contribution in [0, 0.1) is 5.82 Å². The second kappa shape index (κ2) is 9.13. The maximum atomic E-state index is 14.7. The van der Waals surface area contributed by atoms with Gasteiger partial charge in [-0.2, -0.15) is 0 Å². The van der Waals surface area contributed by atoms with Crippen molar-refractivity contribution in [1.29, 1.82) is 0 Å². The van der Waals surface area contributed by atoms with E-state index < -0.39 is 0 Å². The van der Waals surface area contributed by atoms with Crippen molar-refractivity contribution < 1.29 is 9.18 Å². The van der Waals surface area contributed by atoms with E-state index in [9.17, 15) is 9.18 Å². The van der Waals surface area contributed by atoms with Crippen molar-refractivity contribution in [2.24, 2.45) is 0 Å². The number of anilines is 2. The van der Waals surface area contributed by atoms with Crippen molar-refractivity contribution in [2.45, 2.75) is 13.0 Å². The number of likely N-dealkylation sites (N-methyl/N-ethyl adjacent to an activating group) is 1. The van der Waals surface area contributed by atoms with Crippen LogP contribution in [0.3, 0.4) is 0 Å². The molecule has 3 heterocycles. The number of hydrogen-bond acceptors (Lipinski definition) is 6. The van der Waals surface area contributed by atoms with E-state index in [0.717, 1.165) is 12.1 Å². The van der Waals surface area contributed by atoms with E-state index in [-0.39, 0.29) is 48.8 Å². The van der Waals surface area contributed by atoms with Gasteiger partial charge in [-0.3, -0.25) is 4.79 Å². The molecule has 0 saturated heterocycles. The van der Waals surface area contributed by atoms with Gasteiger partial charge in [0.1, 0.15) is 17.7 Å². The molecule has 2 aromatic heterocycles. The summed E-state index contributed by atoms with van der Waals surface area (Å²) >= 11 is 0. The number of benzene rings is 1. The van der Waals surface area contributed by atoms with Crippen molar-refractivity contribution in [2.75, 3.05) is 30.4 Å². The summed E-state index contributed by atoms with van der Waals surface area (Å²) in [5.74, 6) is -0.121. The van der Waals surface area contributed by atoms with Crippen molar-refractivity contribution >= 4 is 53.4 Å². The zero-order chi connectivity index (χ0) is 18.1. The molecule has 0 saturated carbocycles. The first kappa shape index (κ1) is 21.8. The molecule has 0 fully saturated rings. The van der Waals surface area contributed by atoms with Gasteiger partial charge in [-0.1, -0.05) is 6.07 Å². The normalized spacial score (nSPS) is 12.5. The molecule has 11 heteroatoms. The van der Waals surface area contributed by atoms with E-state index in [4.69, 9.17) is 0 Å². The maximum Gasteiger partial charge on any atom is 0.244 e. The van der Waals surface area contributed by atoms with Crippen LogP contribution in [0.25, 0.3) is 11.2 Å². The number of amides is 1. The summed E-state index contributed by atoms with van der Waals surface area (Å²) < 4.78 is 14.7. The maximum absolute atomic E-state index is 14.7. The molecular formula is C17H20Cl2FN7O. The molecule has 8 nitrogen and oxygen atoms in total. The fraction of sp³-hybridized carbons (Fsp3) is 0.294. The van der Waals surface area contributed by atoms with Crippen molar-refractivity contribution in [1.82, 2.24) is 25.3 Å². The predicted molar refractivity (Wildman–Crippen MR) is 110 cm³/mol. The molecule has 1 amide bonds. The Balaban J connectivity index is 0.00000140. The van der Waals surface area contributed by atoms with Gasteiger partial charge in [-0.15, -0.1) is 24.8 Å². The van der Waals surface area contributed by atoms with Crippen molar-refractivity contribution in [3.63, 3.8) is 0 Å². The van der Waals surface area contributed by atoms with Crippen molar-refractivity contribution in [3.8, 4) is 0 Å². The van der Waals surface area contributed by atoms with E-state index >= 15 is 0 Å². The quantitative estimate of drug-likeness (QED) is 0.589. The Labute approximate surface area is 173 Å². The van der Waals surface area contributed by atoms with Crippen LogP contribution in [0.15, 0.2) is 24.8 Å². The average molecular weight is 428 g/mol. The lowest BCUT2D eigenvalue weighted by atomic mass is 9.99. The first-order valence-electron chi connectivity index (χ1n) is 8.29. The fourth-order valence-electron chi connectivity index (χ4n) is 3.15. The number of carbonyl (C=O) groups is 1. The molecular weight excluding hydrogens is 408 g/mol. The van der Waals surface area contributed by atoms with E-state index in [1.165, 1.54) is 12.7 Å². The second-order valence-corrected chi connectivity index (χ2v) is 6.19.